The topological polar surface area (TPSA) is 55.0 Å². The van der Waals surface area contributed by atoms with Gasteiger partial charge < -0.3 is 9.30 Å². The third-order valence-corrected chi connectivity index (χ3v) is 5.61. The van der Waals surface area contributed by atoms with E-state index >= 15 is 0 Å². The Bertz CT molecular complexity index is 1590. The molecule has 0 N–H and O–H groups in total. The SMILES string of the molecule is N#Cc1c(C(F)(F)F)c(-c2ccc(Oc3ccc(F)cc3)c(Cl)c2)cn(Cc2ccc(F)cc2F)c1=O. The third-order valence-electron chi connectivity index (χ3n) is 5.31. The zero-order valence-electron chi connectivity index (χ0n) is 18.4. The molecule has 0 unspecified atom stereocenters. The van der Waals surface area contributed by atoms with Crippen LogP contribution in [0, 0.1) is 28.8 Å². The number of benzene rings is 3. The van der Waals surface area contributed by atoms with Gasteiger partial charge in [-0.3, -0.25) is 4.79 Å². The van der Waals surface area contributed by atoms with E-state index in [2.05, 4.69) is 0 Å². The minimum Gasteiger partial charge on any atom is -0.456 e. The maximum atomic E-state index is 14.2. The Labute approximate surface area is 210 Å². The predicted molar refractivity (Wildman–Crippen MR) is 123 cm³/mol. The molecule has 4 nitrogen and oxygen atoms in total. The first-order valence-electron chi connectivity index (χ1n) is 10.4. The number of ether oxygens (including phenoxy) is 1. The summed E-state index contributed by atoms with van der Waals surface area (Å²) < 4.78 is 89.0. The summed E-state index contributed by atoms with van der Waals surface area (Å²) >= 11 is 6.24. The number of halogens is 7. The highest BCUT2D eigenvalue weighted by Crippen LogP contribution is 2.40. The van der Waals surface area contributed by atoms with Crippen LogP contribution < -0.4 is 10.3 Å². The van der Waals surface area contributed by atoms with E-state index in [-0.39, 0.29) is 27.6 Å². The van der Waals surface area contributed by atoms with Crippen LogP contribution in [0.5, 0.6) is 11.5 Å². The highest BCUT2D eigenvalue weighted by molar-refractivity contribution is 6.32. The Balaban J connectivity index is 1.85. The molecule has 0 saturated heterocycles. The molecular weight excluding hydrogens is 522 g/mol. The van der Waals surface area contributed by atoms with Crippen molar-refractivity contribution in [1.29, 1.82) is 5.26 Å². The van der Waals surface area contributed by atoms with E-state index in [1.807, 2.05) is 0 Å². The second-order valence-corrected chi connectivity index (χ2v) is 8.18. The van der Waals surface area contributed by atoms with Crippen molar-refractivity contribution >= 4 is 11.6 Å². The number of nitrogens with zero attached hydrogens (tertiary/aromatic N) is 2. The molecule has 11 heteroatoms. The molecule has 0 saturated carbocycles. The molecule has 0 bridgehead atoms. The molecule has 1 heterocycles. The monoisotopic (exact) mass is 534 g/mol. The van der Waals surface area contributed by atoms with E-state index in [4.69, 9.17) is 16.3 Å². The van der Waals surface area contributed by atoms with E-state index in [1.165, 1.54) is 30.3 Å². The maximum Gasteiger partial charge on any atom is 0.418 e. The van der Waals surface area contributed by atoms with Crippen molar-refractivity contribution < 1.29 is 31.1 Å². The van der Waals surface area contributed by atoms with Gasteiger partial charge in [0, 0.05) is 23.4 Å². The normalized spacial score (nSPS) is 11.3. The van der Waals surface area contributed by atoms with Gasteiger partial charge in [0.2, 0.25) is 0 Å². The summed E-state index contributed by atoms with van der Waals surface area (Å²) in [6.07, 6.45) is -4.27. The fraction of sp³-hybridized carbons (Fsp3) is 0.0769. The largest absolute Gasteiger partial charge is 0.456 e. The molecule has 0 fully saturated rings. The first kappa shape index (κ1) is 25.9. The van der Waals surface area contributed by atoms with E-state index < -0.39 is 52.4 Å². The number of pyridine rings is 1. The van der Waals surface area contributed by atoms with Gasteiger partial charge in [0.1, 0.15) is 40.6 Å². The van der Waals surface area contributed by atoms with Crippen molar-refractivity contribution in [1.82, 2.24) is 4.57 Å². The van der Waals surface area contributed by atoms with Gasteiger partial charge in [-0.1, -0.05) is 23.7 Å². The van der Waals surface area contributed by atoms with Gasteiger partial charge >= 0.3 is 6.18 Å². The van der Waals surface area contributed by atoms with Crippen molar-refractivity contribution in [2.24, 2.45) is 0 Å². The number of alkyl halides is 3. The lowest BCUT2D eigenvalue weighted by atomic mass is 9.97. The highest BCUT2D eigenvalue weighted by atomic mass is 35.5. The summed E-state index contributed by atoms with van der Waals surface area (Å²) in [4.78, 5) is 12.8. The number of hydrogen-bond acceptors (Lipinski definition) is 3. The minimum atomic E-state index is -5.10. The van der Waals surface area contributed by atoms with Gasteiger partial charge in [-0.15, -0.1) is 0 Å². The predicted octanol–water partition coefficient (Wildman–Crippen LogP) is 7.32. The van der Waals surface area contributed by atoms with Crippen LogP contribution in [-0.2, 0) is 12.7 Å². The van der Waals surface area contributed by atoms with Gasteiger partial charge in [0.15, 0.2) is 0 Å². The fourth-order valence-electron chi connectivity index (χ4n) is 3.61. The van der Waals surface area contributed by atoms with Gasteiger partial charge in [0.05, 0.1) is 17.1 Å². The van der Waals surface area contributed by atoms with Gasteiger partial charge in [0.25, 0.3) is 5.56 Å². The Kier molecular flexibility index (Phi) is 7.01. The van der Waals surface area contributed by atoms with Crippen LogP contribution in [0.15, 0.2) is 71.7 Å². The summed E-state index contributed by atoms with van der Waals surface area (Å²) in [6, 6.07) is 12.4. The Morgan fingerprint density at radius 3 is 2.22 bits per heavy atom. The average molecular weight is 535 g/mol. The molecule has 0 radical (unpaired) electrons. The smallest absolute Gasteiger partial charge is 0.418 e. The summed E-state index contributed by atoms with van der Waals surface area (Å²) in [6.45, 7) is -0.565. The second-order valence-electron chi connectivity index (χ2n) is 7.77. The van der Waals surface area contributed by atoms with Gasteiger partial charge in [-0.25, -0.2) is 13.2 Å². The van der Waals surface area contributed by atoms with Crippen LogP contribution in [0.1, 0.15) is 16.7 Å². The van der Waals surface area contributed by atoms with Crippen molar-refractivity contribution in [3.63, 3.8) is 0 Å². The third kappa shape index (κ3) is 5.47. The zero-order valence-corrected chi connectivity index (χ0v) is 19.2. The van der Waals surface area contributed by atoms with E-state index in [0.29, 0.717) is 6.07 Å². The molecule has 188 valence electrons. The Morgan fingerprint density at radius 2 is 1.62 bits per heavy atom. The number of rotatable bonds is 5. The van der Waals surface area contributed by atoms with Crippen LogP contribution >= 0.6 is 11.6 Å². The molecule has 4 rings (SSSR count). The first-order chi connectivity index (χ1) is 17.5. The van der Waals surface area contributed by atoms with Crippen LogP contribution in [0.4, 0.5) is 26.3 Å². The molecule has 0 aliphatic heterocycles. The lowest BCUT2D eigenvalue weighted by Gasteiger charge is -2.18. The van der Waals surface area contributed by atoms with Gasteiger partial charge in [-0.05, 0) is 48.0 Å². The summed E-state index contributed by atoms with van der Waals surface area (Å²) in [7, 11) is 0. The lowest BCUT2D eigenvalue weighted by molar-refractivity contribution is -0.137. The minimum absolute atomic E-state index is 0.0489. The molecule has 1 aromatic heterocycles. The molecule has 37 heavy (non-hydrogen) atoms. The molecule has 3 aromatic carbocycles. The van der Waals surface area contributed by atoms with E-state index in [0.717, 1.165) is 41.1 Å². The number of hydrogen-bond donors (Lipinski definition) is 0. The molecule has 0 aliphatic carbocycles. The summed E-state index contributed by atoms with van der Waals surface area (Å²) in [5.41, 5.74) is -4.85. The van der Waals surface area contributed by atoms with Gasteiger partial charge in [-0.2, -0.15) is 18.4 Å². The molecule has 0 spiro atoms. The highest BCUT2D eigenvalue weighted by Gasteiger charge is 2.39. The van der Waals surface area contributed by atoms with Crippen molar-refractivity contribution in [2.45, 2.75) is 12.7 Å². The number of nitriles is 1. The second kappa shape index (κ2) is 10.0. The fourth-order valence-corrected chi connectivity index (χ4v) is 3.83. The molecule has 0 amide bonds. The van der Waals surface area contributed by atoms with Crippen molar-refractivity contribution in [3.8, 4) is 28.7 Å². The van der Waals surface area contributed by atoms with Crippen LogP contribution in [0.3, 0.4) is 0 Å². The average Bonchev–Trinajstić information content (AvgIpc) is 2.83. The Hall–Kier alpha value is -4.23. The summed E-state index contributed by atoms with van der Waals surface area (Å²) in [5.74, 6) is -2.13. The lowest BCUT2D eigenvalue weighted by Crippen LogP contribution is -2.28. The summed E-state index contributed by atoms with van der Waals surface area (Å²) in [5, 5.41) is 9.32. The Morgan fingerprint density at radius 1 is 0.946 bits per heavy atom. The number of aromatic nitrogens is 1. The zero-order chi connectivity index (χ0) is 26.9. The molecule has 0 aliphatic rings. The molecule has 4 aromatic rings. The van der Waals surface area contributed by atoms with E-state index in [1.54, 1.807) is 0 Å². The molecule has 0 atom stereocenters. The van der Waals surface area contributed by atoms with Crippen molar-refractivity contribution in [2.75, 3.05) is 0 Å². The first-order valence-corrected chi connectivity index (χ1v) is 10.8. The maximum absolute atomic E-state index is 14.2. The van der Waals surface area contributed by atoms with Crippen LogP contribution in [0.25, 0.3) is 11.1 Å². The van der Waals surface area contributed by atoms with Crippen LogP contribution in [0.2, 0.25) is 5.02 Å². The standard InChI is InChI=1S/C26H13ClF6N2O2/c27-21-9-14(2-8-23(21)37-18-6-4-16(28)5-7-18)20-13-35(12-15-1-3-17(29)10-22(15)30)25(36)19(11-34)24(20)26(31,32)33/h1-10,13H,12H2. The quantitative estimate of drug-likeness (QED) is 0.252. The van der Waals surface area contributed by atoms with Crippen LogP contribution in [-0.4, -0.2) is 4.57 Å². The van der Waals surface area contributed by atoms with Crippen molar-refractivity contribution in [3.05, 3.63) is 116 Å². The molecular formula is C26H13ClF6N2O2. The van der Waals surface area contributed by atoms with E-state index in [9.17, 15) is 36.4 Å².